The Morgan fingerprint density at radius 1 is 1.00 bits per heavy atom. The Morgan fingerprint density at radius 3 is 2.33 bits per heavy atom. The van der Waals surface area contributed by atoms with Crippen molar-refractivity contribution in [2.24, 2.45) is 0 Å². The number of aromatic nitrogens is 1. The zero-order valence-electron chi connectivity index (χ0n) is 15.3. The van der Waals surface area contributed by atoms with Crippen LogP contribution in [-0.4, -0.2) is 54.7 Å². The maximum atomic E-state index is 13.0. The van der Waals surface area contributed by atoms with Crippen molar-refractivity contribution in [1.82, 2.24) is 14.2 Å². The third kappa shape index (κ3) is 3.66. The first-order valence-corrected chi connectivity index (χ1v) is 11.0. The number of H-pyrrole nitrogens is 1. The quantitative estimate of drug-likeness (QED) is 0.877. The van der Waals surface area contributed by atoms with Crippen molar-refractivity contribution in [3.63, 3.8) is 0 Å². The Labute approximate surface area is 160 Å². The van der Waals surface area contributed by atoms with Gasteiger partial charge in [0.2, 0.25) is 10.0 Å². The van der Waals surface area contributed by atoms with Crippen molar-refractivity contribution in [3.05, 3.63) is 53.9 Å². The minimum absolute atomic E-state index is 0.114. The van der Waals surface area contributed by atoms with Gasteiger partial charge in [-0.2, -0.15) is 4.31 Å². The van der Waals surface area contributed by atoms with Gasteiger partial charge in [-0.05, 0) is 43.2 Å². The average Bonchev–Trinajstić information content (AvgIpc) is 3.41. The molecule has 0 spiro atoms. The molecule has 0 saturated carbocycles. The van der Waals surface area contributed by atoms with E-state index in [9.17, 15) is 13.2 Å². The molecule has 3 heterocycles. The molecule has 0 atom stereocenters. The SMILES string of the molecule is O=C(c1cc(S(=O)(=O)N2CCC(c3ccccc3)CC2)c[nH]1)N1CCCC1. The van der Waals surface area contributed by atoms with E-state index in [1.165, 1.54) is 17.8 Å². The Morgan fingerprint density at radius 2 is 1.67 bits per heavy atom. The molecule has 2 aliphatic heterocycles. The van der Waals surface area contributed by atoms with Crippen LogP contribution >= 0.6 is 0 Å². The molecule has 6 nitrogen and oxygen atoms in total. The predicted octanol–water partition coefficient (Wildman–Crippen LogP) is 2.82. The summed E-state index contributed by atoms with van der Waals surface area (Å²) in [7, 11) is -3.57. The summed E-state index contributed by atoms with van der Waals surface area (Å²) in [5.41, 5.74) is 1.63. The van der Waals surface area contributed by atoms with Crippen molar-refractivity contribution in [3.8, 4) is 0 Å². The molecular formula is C20H25N3O3S. The van der Waals surface area contributed by atoms with Gasteiger partial charge in [0.1, 0.15) is 10.6 Å². The molecule has 0 unspecified atom stereocenters. The first kappa shape index (κ1) is 18.3. The molecule has 1 aromatic heterocycles. The lowest BCUT2D eigenvalue weighted by Crippen LogP contribution is -2.37. The van der Waals surface area contributed by atoms with Gasteiger partial charge in [0.15, 0.2) is 0 Å². The number of nitrogens with one attached hydrogen (secondary N) is 1. The van der Waals surface area contributed by atoms with Crippen molar-refractivity contribution >= 4 is 15.9 Å². The highest BCUT2D eigenvalue weighted by Crippen LogP contribution is 2.30. The lowest BCUT2D eigenvalue weighted by molar-refractivity contribution is 0.0787. The van der Waals surface area contributed by atoms with Gasteiger partial charge in [-0.15, -0.1) is 0 Å². The van der Waals surface area contributed by atoms with Gasteiger partial charge in [-0.3, -0.25) is 4.79 Å². The number of likely N-dealkylation sites (tertiary alicyclic amines) is 1. The second-order valence-corrected chi connectivity index (χ2v) is 9.28. The average molecular weight is 388 g/mol. The number of aromatic amines is 1. The highest BCUT2D eigenvalue weighted by atomic mass is 32.2. The number of nitrogens with zero attached hydrogens (tertiary/aromatic N) is 2. The zero-order valence-corrected chi connectivity index (χ0v) is 16.1. The minimum atomic E-state index is -3.57. The molecule has 1 aromatic carbocycles. The molecule has 0 aliphatic carbocycles. The number of carbonyl (C=O) groups is 1. The summed E-state index contributed by atoms with van der Waals surface area (Å²) in [5, 5.41) is 0. The van der Waals surface area contributed by atoms with Gasteiger partial charge >= 0.3 is 0 Å². The highest BCUT2D eigenvalue weighted by Gasteiger charge is 2.31. The number of rotatable bonds is 4. The van der Waals surface area contributed by atoms with Crippen molar-refractivity contribution in [2.45, 2.75) is 36.5 Å². The van der Waals surface area contributed by atoms with Crippen LogP contribution in [0.5, 0.6) is 0 Å². The van der Waals surface area contributed by atoms with Gasteiger partial charge in [-0.25, -0.2) is 8.42 Å². The fourth-order valence-electron chi connectivity index (χ4n) is 4.04. The molecule has 2 aliphatic rings. The summed E-state index contributed by atoms with van der Waals surface area (Å²) >= 11 is 0. The second kappa shape index (κ2) is 7.48. The van der Waals surface area contributed by atoms with Gasteiger partial charge < -0.3 is 9.88 Å². The fraction of sp³-hybridized carbons (Fsp3) is 0.450. The summed E-state index contributed by atoms with van der Waals surface area (Å²) < 4.78 is 27.5. The molecule has 2 fully saturated rings. The molecule has 7 heteroatoms. The minimum Gasteiger partial charge on any atom is -0.356 e. The van der Waals surface area contributed by atoms with Crippen LogP contribution in [0, 0.1) is 0 Å². The molecule has 0 bridgehead atoms. The van der Waals surface area contributed by atoms with Crippen LogP contribution in [-0.2, 0) is 10.0 Å². The van der Waals surface area contributed by atoms with Crippen LogP contribution in [0.3, 0.4) is 0 Å². The number of carbonyl (C=O) groups excluding carboxylic acids is 1. The third-order valence-electron chi connectivity index (χ3n) is 5.64. The number of amides is 1. The molecule has 2 saturated heterocycles. The van der Waals surface area contributed by atoms with Gasteiger partial charge in [0, 0.05) is 32.4 Å². The molecule has 144 valence electrons. The predicted molar refractivity (Wildman–Crippen MR) is 103 cm³/mol. The van der Waals surface area contributed by atoms with Crippen LogP contribution in [0.4, 0.5) is 0 Å². The van der Waals surface area contributed by atoms with E-state index in [1.807, 2.05) is 18.2 Å². The first-order valence-electron chi connectivity index (χ1n) is 9.58. The fourth-order valence-corrected chi connectivity index (χ4v) is 5.51. The smallest absolute Gasteiger partial charge is 0.270 e. The Balaban J connectivity index is 1.44. The highest BCUT2D eigenvalue weighted by molar-refractivity contribution is 7.89. The van der Waals surface area contributed by atoms with Gasteiger partial charge in [-0.1, -0.05) is 30.3 Å². The monoisotopic (exact) mass is 387 g/mol. The maximum Gasteiger partial charge on any atom is 0.270 e. The topological polar surface area (TPSA) is 73.5 Å². The molecule has 4 rings (SSSR count). The summed E-state index contributed by atoms with van der Waals surface area (Å²) in [6.07, 6.45) is 5.09. The van der Waals surface area contributed by atoms with E-state index in [0.717, 1.165) is 38.8 Å². The van der Waals surface area contributed by atoms with E-state index < -0.39 is 10.0 Å². The Hall–Kier alpha value is -2.12. The first-order chi connectivity index (χ1) is 13.1. The summed E-state index contributed by atoms with van der Waals surface area (Å²) in [5.74, 6) is 0.285. The molecule has 27 heavy (non-hydrogen) atoms. The van der Waals surface area contributed by atoms with Crippen molar-refractivity contribution in [2.75, 3.05) is 26.2 Å². The lowest BCUT2D eigenvalue weighted by Gasteiger charge is -2.31. The summed E-state index contributed by atoms with van der Waals surface area (Å²) in [6.45, 7) is 2.49. The molecule has 1 N–H and O–H groups in total. The molecule has 2 aromatic rings. The normalized spacial score (nSPS) is 19.5. The molecule has 1 amide bonds. The largest absolute Gasteiger partial charge is 0.356 e. The van der Waals surface area contributed by atoms with E-state index in [1.54, 1.807) is 9.21 Å². The second-order valence-electron chi connectivity index (χ2n) is 7.34. The third-order valence-corrected chi connectivity index (χ3v) is 7.52. The van der Waals surface area contributed by atoms with E-state index in [-0.39, 0.29) is 10.8 Å². The van der Waals surface area contributed by atoms with E-state index in [4.69, 9.17) is 0 Å². The maximum absolute atomic E-state index is 13.0. The van der Waals surface area contributed by atoms with Crippen LogP contribution in [0.1, 0.15) is 47.7 Å². The summed E-state index contributed by atoms with van der Waals surface area (Å²) in [6, 6.07) is 11.7. The Kier molecular flexibility index (Phi) is 5.06. The van der Waals surface area contributed by atoms with E-state index in [0.29, 0.717) is 24.7 Å². The number of sulfonamides is 1. The van der Waals surface area contributed by atoms with Crippen LogP contribution in [0.25, 0.3) is 0 Å². The van der Waals surface area contributed by atoms with Crippen LogP contribution in [0.2, 0.25) is 0 Å². The molecule has 0 radical (unpaired) electrons. The van der Waals surface area contributed by atoms with Crippen LogP contribution < -0.4 is 0 Å². The molecular weight excluding hydrogens is 362 g/mol. The summed E-state index contributed by atoms with van der Waals surface area (Å²) in [4.78, 5) is 17.3. The van der Waals surface area contributed by atoms with Crippen LogP contribution in [0.15, 0.2) is 47.5 Å². The van der Waals surface area contributed by atoms with Crippen molar-refractivity contribution in [1.29, 1.82) is 0 Å². The van der Waals surface area contributed by atoms with E-state index in [2.05, 4.69) is 17.1 Å². The standard InChI is InChI=1S/C20H25N3O3S/c24-20(22-10-4-5-11-22)19-14-18(15-21-19)27(25,26)23-12-8-17(9-13-23)16-6-2-1-3-7-16/h1-3,6-7,14-15,17,21H,4-5,8-13H2. The van der Waals surface area contributed by atoms with E-state index >= 15 is 0 Å². The van der Waals surface area contributed by atoms with Gasteiger partial charge in [0.05, 0.1) is 0 Å². The number of benzene rings is 1. The number of piperidine rings is 1. The Bertz CT molecular complexity index is 894. The zero-order chi connectivity index (χ0) is 18.9. The lowest BCUT2D eigenvalue weighted by atomic mass is 9.90. The van der Waals surface area contributed by atoms with Gasteiger partial charge in [0.25, 0.3) is 5.91 Å². The number of hydrogen-bond acceptors (Lipinski definition) is 3. The number of hydrogen-bond donors (Lipinski definition) is 1. The van der Waals surface area contributed by atoms with Crippen molar-refractivity contribution < 1.29 is 13.2 Å².